The summed E-state index contributed by atoms with van der Waals surface area (Å²) >= 11 is 0. The van der Waals surface area contributed by atoms with Crippen molar-refractivity contribution in [2.24, 2.45) is 5.92 Å². The third-order valence-electron chi connectivity index (χ3n) is 7.55. The van der Waals surface area contributed by atoms with Gasteiger partial charge in [-0.2, -0.15) is 0 Å². The van der Waals surface area contributed by atoms with Crippen LogP contribution in [0.3, 0.4) is 0 Å². The molecule has 1 N–H and O–H groups in total. The highest BCUT2D eigenvalue weighted by molar-refractivity contribution is 5.92. The van der Waals surface area contributed by atoms with Crippen LogP contribution in [0.4, 0.5) is 14.9 Å². The van der Waals surface area contributed by atoms with Gasteiger partial charge < -0.3 is 10.2 Å². The van der Waals surface area contributed by atoms with Crippen molar-refractivity contribution >= 4 is 22.6 Å². The molecule has 41 heavy (non-hydrogen) atoms. The summed E-state index contributed by atoms with van der Waals surface area (Å²) in [6.07, 6.45) is 0.748. The van der Waals surface area contributed by atoms with Crippen LogP contribution in [0.15, 0.2) is 71.5 Å². The molecule has 4 rings (SSSR count). The van der Waals surface area contributed by atoms with Crippen LogP contribution in [0.25, 0.3) is 16.6 Å². The molecule has 0 spiro atoms. The second-order valence-electron chi connectivity index (χ2n) is 11.7. The number of para-hydroxylation sites is 3. The summed E-state index contributed by atoms with van der Waals surface area (Å²) in [5.74, 6) is 0.521. The average molecular weight is 557 g/mol. The predicted molar refractivity (Wildman–Crippen MR) is 166 cm³/mol. The number of aromatic nitrogens is 2. The number of carbonyl (C=O) groups is 1. The van der Waals surface area contributed by atoms with Crippen LogP contribution < -0.4 is 10.9 Å². The molecule has 1 unspecified atom stereocenters. The zero-order chi connectivity index (χ0) is 29.8. The lowest BCUT2D eigenvalue weighted by molar-refractivity contribution is 0.185. The minimum absolute atomic E-state index is 0.106. The molecule has 1 atom stereocenters. The van der Waals surface area contributed by atoms with Gasteiger partial charge in [0.25, 0.3) is 5.56 Å². The second kappa shape index (κ2) is 12.7. The maximum absolute atomic E-state index is 15.2. The molecule has 3 aromatic carbocycles. The molecule has 6 nitrogen and oxygen atoms in total. The van der Waals surface area contributed by atoms with Crippen LogP contribution in [-0.4, -0.2) is 27.0 Å². The van der Waals surface area contributed by atoms with Crippen molar-refractivity contribution in [3.8, 4) is 5.69 Å². The summed E-state index contributed by atoms with van der Waals surface area (Å²) in [6.45, 7) is 14.9. The minimum atomic E-state index is -0.639. The van der Waals surface area contributed by atoms with Gasteiger partial charge in [0, 0.05) is 12.2 Å². The van der Waals surface area contributed by atoms with E-state index in [1.165, 1.54) is 10.6 Å². The molecule has 0 saturated carbocycles. The quantitative estimate of drug-likeness (QED) is 0.225. The van der Waals surface area contributed by atoms with Crippen LogP contribution >= 0.6 is 0 Å². The van der Waals surface area contributed by atoms with Crippen molar-refractivity contribution in [3.05, 3.63) is 99.9 Å². The van der Waals surface area contributed by atoms with E-state index in [1.807, 2.05) is 19.1 Å². The van der Waals surface area contributed by atoms with Crippen molar-refractivity contribution in [3.63, 3.8) is 0 Å². The Kier molecular flexibility index (Phi) is 9.26. The lowest BCUT2D eigenvalue weighted by Gasteiger charge is -2.32. The Hall–Kier alpha value is -4.00. The van der Waals surface area contributed by atoms with E-state index in [0.29, 0.717) is 29.2 Å². The Morgan fingerprint density at radius 2 is 1.49 bits per heavy atom. The Morgan fingerprint density at radius 3 is 2.10 bits per heavy atom. The first-order chi connectivity index (χ1) is 19.5. The number of hydrogen-bond acceptors (Lipinski definition) is 3. The number of anilines is 1. The molecule has 0 aliphatic heterocycles. The molecule has 0 saturated heterocycles. The summed E-state index contributed by atoms with van der Waals surface area (Å²) in [4.78, 5) is 34.6. The lowest BCUT2D eigenvalue weighted by Crippen LogP contribution is -2.41. The first-order valence-corrected chi connectivity index (χ1v) is 14.5. The topological polar surface area (TPSA) is 67.2 Å². The largest absolute Gasteiger partial charge is 0.322 e. The number of rotatable bonds is 9. The predicted octanol–water partition coefficient (Wildman–Crippen LogP) is 8.41. The first kappa shape index (κ1) is 30.0. The van der Waals surface area contributed by atoms with Gasteiger partial charge in [-0.25, -0.2) is 14.2 Å². The molecule has 4 aromatic rings. The standard InChI is InChI=1S/C34H41FN4O2/c1-21(2)19-20-38(34(41)37-31-25(22(3)4)14-12-15-26(31)23(5)6)24(7)32-36-29-17-10-8-13-27(29)33(40)39(32)30-18-11-9-16-28(30)35/h8-18,21-24H,19-20H2,1-7H3,(H,37,41). The summed E-state index contributed by atoms with van der Waals surface area (Å²) < 4.78 is 16.5. The number of nitrogens with zero attached hydrogens (tertiary/aromatic N) is 3. The molecule has 7 heteroatoms. The zero-order valence-electron chi connectivity index (χ0n) is 25.1. The molecule has 0 fully saturated rings. The summed E-state index contributed by atoms with van der Waals surface area (Å²) in [5, 5.41) is 3.62. The average Bonchev–Trinajstić information content (AvgIpc) is 2.93. The molecular formula is C34H41FN4O2. The van der Waals surface area contributed by atoms with Crippen molar-refractivity contribution in [2.75, 3.05) is 11.9 Å². The van der Waals surface area contributed by atoms with Gasteiger partial charge in [-0.1, -0.05) is 84.0 Å². The summed E-state index contributed by atoms with van der Waals surface area (Å²) in [5.41, 5.74) is 3.18. The van der Waals surface area contributed by atoms with E-state index in [1.54, 1.807) is 41.3 Å². The van der Waals surface area contributed by atoms with E-state index in [0.717, 1.165) is 23.2 Å². The van der Waals surface area contributed by atoms with Gasteiger partial charge in [-0.05, 0) is 66.5 Å². The normalized spacial score (nSPS) is 12.4. The Bertz CT molecular complexity index is 1570. The third-order valence-corrected chi connectivity index (χ3v) is 7.55. The SMILES string of the molecule is CC(C)CCN(C(=O)Nc1c(C(C)C)cccc1C(C)C)C(C)c1nc2ccccc2c(=O)n1-c1ccccc1F. The van der Waals surface area contributed by atoms with Crippen LogP contribution in [0.1, 0.15) is 89.7 Å². The maximum atomic E-state index is 15.2. The third kappa shape index (κ3) is 6.34. The fraction of sp³-hybridized carbons (Fsp3) is 0.382. The van der Waals surface area contributed by atoms with Crippen LogP contribution in [-0.2, 0) is 0 Å². The van der Waals surface area contributed by atoms with E-state index < -0.39 is 11.9 Å². The van der Waals surface area contributed by atoms with E-state index in [2.05, 4.69) is 59.0 Å². The van der Waals surface area contributed by atoms with Crippen molar-refractivity contribution < 1.29 is 9.18 Å². The molecule has 0 radical (unpaired) electrons. The summed E-state index contributed by atoms with van der Waals surface area (Å²) in [7, 11) is 0. The van der Waals surface area contributed by atoms with Crippen LogP contribution in [0.2, 0.25) is 0 Å². The molecule has 1 heterocycles. The highest BCUT2D eigenvalue weighted by atomic mass is 19.1. The van der Waals surface area contributed by atoms with Gasteiger partial charge in [0.05, 0.1) is 22.6 Å². The fourth-order valence-corrected chi connectivity index (χ4v) is 5.18. The maximum Gasteiger partial charge on any atom is 0.322 e. The van der Waals surface area contributed by atoms with Crippen molar-refractivity contribution in [1.29, 1.82) is 0 Å². The highest BCUT2D eigenvalue weighted by Crippen LogP contribution is 2.33. The van der Waals surface area contributed by atoms with Gasteiger partial charge in [0.15, 0.2) is 0 Å². The lowest BCUT2D eigenvalue weighted by atomic mass is 9.92. The fourth-order valence-electron chi connectivity index (χ4n) is 5.18. The second-order valence-corrected chi connectivity index (χ2v) is 11.7. The van der Waals surface area contributed by atoms with Gasteiger partial charge in [-0.15, -0.1) is 0 Å². The Morgan fingerprint density at radius 1 is 0.878 bits per heavy atom. The van der Waals surface area contributed by atoms with E-state index in [4.69, 9.17) is 4.98 Å². The number of carbonyl (C=O) groups excluding carboxylic acids is 1. The molecule has 0 aliphatic carbocycles. The van der Waals surface area contributed by atoms with Gasteiger partial charge in [0.2, 0.25) is 0 Å². The number of amides is 2. The van der Waals surface area contributed by atoms with E-state index in [9.17, 15) is 9.59 Å². The van der Waals surface area contributed by atoms with Gasteiger partial charge in [-0.3, -0.25) is 9.36 Å². The molecule has 0 bridgehead atoms. The minimum Gasteiger partial charge on any atom is -0.315 e. The molecule has 1 aromatic heterocycles. The molecular weight excluding hydrogens is 515 g/mol. The smallest absolute Gasteiger partial charge is 0.315 e. The Balaban J connectivity index is 1.87. The number of benzene rings is 3. The van der Waals surface area contributed by atoms with Gasteiger partial charge in [0.1, 0.15) is 11.6 Å². The number of nitrogens with one attached hydrogen (secondary N) is 1. The first-order valence-electron chi connectivity index (χ1n) is 14.5. The van der Waals surface area contributed by atoms with Crippen molar-refractivity contribution in [1.82, 2.24) is 14.5 Å². The zero-order valence-corrected chi connectivity index (χ0v) is 25.1. The number of hydrogen-bond donors (Lipinski definition) is 1. The monoisotopic (exact) mass is 556 g/mol. The number of urea groups is 1. The summed E-state index contributed by atoms with van der Waals surface area (Å²) in [6, 6.07) is 18.4. The molecule has 216 valence electrons. The number of halogens is 1. The Labute approximate surface area is 242 Å². The highest BCUT2D eigenvalue weighted by Gasteiger charge is 2.29. The van der Waals surface area contributed by atoms with Crippen LogP contribution in [0, 0.1) is 11.7 Å². The molecule has 2 amide bonds. The molecule has 0 aliphatic rings. The van der Waals surface area contributed by atoms with Gasteiger partial charge >= 0.3 is 6.03 Å². The number of fused-ring (bicyclic) bond motifs is 1. The van der Waals surface area contributed by atoms with Crippen molar-refractivity contribution in [2.45, 2.75) is 72.8 Å². The van der Waals surface area contributed by atoms with Crippen LogP contribution in [0.5, 0.6) is 0 Å². The van der Waals surface area contributed by atoms with E-state index in [-0.39, 0.29) is 29.1 Å². The van der Waals surface area contributed by atoms with E-state index >= 15 is 4.39 Å².